The minimum atomic E-state index is -1.06. The third-order valence-electron chi connectivity index (χ3n) is 1.56. The summed E-state index contributed by atoms with van der Waals surface area (Å²) < 4.78 is 0. The highest BCUT2D eigenvalue weighted by Crippen LogP contribution is 2.23. The standard InChI is InChI=1S/C7H9NO2/c8-6-3-5(4-6)1-2-7(9)10/h5-6H,3-4,8H2,(H,9,10). The zero-order valence-electron chi connectivity index (χ0n) is 5.50. The molecule has 0 bridgehead atoms. The molecule has 0 aromatic rings. The number of nitrogens with two attached hydrogens (primary N) is 1. The van der Waals surface area contributed by atoms with Crippen LogP contribution in [0.1, 0.15) is 12.8 Å². The van der Waals surface area contributed by atoms with E-state index in [2.05, 4.69) is 11.8 Å². The van der Waals surface area contributed by atoms with Crippen LogP contribution in [0.25, 0.3) is 0 Å². The van der Waals surface area contributed by atoms with Crippen LogP contribution in [0.15, 0.2) is 0 Å². The van der Waals surface area contributed by atoms with Crippen LogP contribution >= 0.6 is 0 Å². The van der Waals surface area contributed by atoms with Gasteiger partial charge in [-0.2, -0.15) is 0 Å². The Morgan fingerprint density at radius 1 is 1.60 bits per heavy atom. The van der Waals surface area contributed by atoms with Crippen molar-refractivity contribution in [2.24, 2.45) is 11.7 Å². The van der Waals surface area contributed by atoms with Crippen LogP contribution in [0.5, 0.6) is 0 Å². The van der Waals surface area contributed by atoms with E-state index in [0.29, 0.717) is 0 Å². The summed E-state index contributed by atoms with van der Waals surface area (Å²) in [7, 11) is 0. The van der Waals surface area contributed by atoms with E-state index in [0.717, 1.165) is 12.8 Å². The molecule has 0 heterocycles. The maximum atomic E-state index is 9.92. The van der Waals surface area contributed by atoms with Crippen molar-refractivity contribution in [3.63, 3.8) is 0 Å². The fourth-order valence-corrected chi connectivity index (χ4v) is 0.944. The Morgan fingerprint density at radius 3 is 2.60 bits per heavy atom. The lowest BCUT2D eigenvalue weighted by atomic mass is 9.81. The van der Waals surface area contributed by atoms with Crippen molar-refractivity contribution in [2.75, 3.05) is 0 Å². The summed E-state index contributed by atoms with van der Waals surface area (Å²) in [6.07, 6.45) is 1.70. The van der Waals surface area contributed by atoms with Gasteiger partial charge < -0.3 is 10.8 Å². The molecule has 3 heteroatoms. The van der Waals surface area contributed by atoms with E-state index < -0.39 is 5.97 Å². The molecule has 0 amide bonds. The van der Waals surface area contributed by atoms with Crippen LogP contribution in [-0.4, -0.2) is 17.1 Å². The first kappa shape index (κ1) is 7.10. The monoisotopic (exact) mass is 139 g/mol. The molecular weight excluding hydrogens is 130 g/mol. The van der Waals surface area contributed by atoms with Crippen molar-refractivity contribution in [3.05, 3.63) is 0 Å². The molecular formula is C7H9NO2. The smallest absolute Gasteiger partial charge is 0.381 e. The maximum Gasteiger partial charge on any atom is 0.381 e. The highest BCUT2D eigenvalue weighted by Gasteiger charge is 2.23. The lowest BCUT2D eigenvalue weighted by Crippen LogP contribution is -2.35. The molecule has 1 saturated carbocycles. The van der Waals surface area contributed by atoms with E-state index in [1.165, 1.54) is 0 Å². The van der Waals surface area contributed by atoms with Crippen LogP contribution in [-0.2, 0) is 4.79 Å². The number of aliphatic carboxylic acids is 1. The quantitative estimate of drug-likeness (QED) is 0.457. The van der Waals surface area contributed by atoms with E-state index in [1.807, 2.05) is 0 Å². The first-order valence-corrected chi connectivity index (χ1v) is 3.18. The Hall–Kier alpha value is -1.01. The normalized spacial score (nSPS) is 29.7. The number of carboxylic acid groups (broad SMARTS) is 1. The Kier molecular flexibility index (Phi) is 1.93. The summed E-state index contributed by atoms with van der Waals surface area (Å²) in [6.45, 7) is 0. The van der Waals surface area contributed by atoms with Gasteiger partial charge in [0.15, 0.2) is 0 Å². The van der Waals surface area contributed by atoms with E-state index in [4.69, 9.17) is 10.8 Å². The van der Waals surface area contributed by atoms with E-state index in [9.17, 15) is 4.79 Å². The summed E-state index contributed by atoms with van der Waals surface area (Å²) in [4.78, 5) is 9.92. The largest absolute Gasteiger partial charge is 0.472 e. The minimum Gasteiger partial charge on any atom is -0.472 e. The molecule has 54 valence electrons. The molecule has 0 radical (unpaired) electrons. The molecule has 1 aliphatic carbocycles. The lowest BCUT2D eigenvalue weighted by Gasteiger charge is -2.27. The molecule has 0 saturated heterocycles. The van der Waals surface area contributed by atoms with Gasteiger partial charge in [-0.25, -0.2) is 4.79 Å². The van der Waals surface area contributed by atoms with E-state index in [1.54, 1.807) is 0 Å². The third-order valence-corrected chi connectivity index (χ3v) is 1.56. The number of carboxylic acids is 1. The zero-order chi connectivity index (χ0) is 7.56. The van der Waals surface area contributed by atoms with E-state index >= 15 is 0 Å². The molecule has 0 atom stereocenters. The number of rotatable bonds is 0. The van der Waals surface area contributed by atoms with Gasteiger partial charge in [0.1, 0.15) is 0 Å². The highest BCUT2D eigenvalue weighted by atomic mass is 16.4. The van der Waals surface area contributed by atoms with Crippen molar-refractivity contribution in [3.8, 4) is 11.8 Å². The van der Waals surface area contributed by atoms with Gasteiger partial charge in [0.25, 0.3) is 0 Å². The van der Waals surface area contributed by atoms with Gasteiger partial charge in [0.05, 0.1) is 0 Å². The van der Waals surface area contributed by atoms with Gasteiger partial charge in [-0.3, -0.25) is 0 Å². The van der Waals surface area contributed by atoms with Gasteiger partial charge in [-0.05, 0) is 12.8 Å². The molecule has 10 heavy (non-hydrogen) atoms. The predicted molar refractivity (Wildman–Crippen MR) is 36.1 cm³/mol. The van der Waals surface area contributed by atoms with Gasteiger partial charge >= 0.3 is 5.97 Å². The molecule has 1 fully saturated rings. The molecule has 1 aliphatic rings. The molecule has 1 rings (SSSR count). The first-order valence-electron chi connectivity index (χ1n) is 3.18. The van der Waals surface area contributed by atoms with Crippen molar-refractivity contribution in [1.82, 2.24) is 0 Å². The molecule has 0 aliphatic heterocycles. The minimum absolute atomic E-state index is 0.228. The van der Waals surface area contributed by atoms with Crippen molar-refractivity contribution >= 4 is 5.97 Å². The number of carbonyl (C=O) groups is 1. The molecule has 3 N–H and O–H groups in total. The van der Waals surface area contributed by atoms with Gasteiger partial charge in [0, 0.05) is 17.9 Å². The summed E-state index contributed by atoms with van der Waals surface area (Å²) >= 11 is 0. The second kappa shape index (κ2) is 2.72. The van der Waals surface area contributed by atoms with Crippen LogP contribution in [0, 0.1) is 17.8 Å². The second-order valence-corrected chi connectivity index (χ2v) is 2.50. The van der Waals surface area contributed by atoms with Gasteiger partial charge in [-0.1, -0.05) is 5.92 Å². The van der Waals surface area contributed by atoms with Crippen LogP contribution in [0.2, 0.25) is 0 Å². The Balaban J connectivity index is 2.29. The first-order chi connectivity index (χ1) is 4.68. The summed E-state index contributed by atoms with van der Waals surface area (Å²) in [5.41, 5.74) is 5.46. The lowest BCUT2D eigenvalue weighted by molar-refractivity contribution is -0.130. The van der Waals surface area contributed by atoms with Crippen molar-refractivity contribution in [1.29, 1.82) is 0 Å². The Morgan fingerprint density at radius 2 is 2.20 bits per heavy atom. The molecule has 0 aromatic heterocycles. The SMILES string of the molecule is NC1CC(C#CC(=O)O)C1. The number of hydrogen-bond acceptors (Lipinski definition) is 2. The Labute approximate surface area is 59.2 Å². The second-order valence-electron chi connectivity index (χ2n) is 2.50. The summed E-state index contributed by atoms with van der Waals surface area (Å²) in [6, 6.07) is 0.244. The molecule has 0 spiro atoms. The molecule has 0 unspecified atom stereocenters. The van der Waals surface area contributed by atoms with Crippen LogP contribution in [0.3, 0.4) is 0 Å². The zero-order valence-corrected chi connectivity index (χ0v) is 5.50. The third kappa shape index (κ3) is 1.74. The number of hydrogen-bond donors (Lipinski definition) is 2. The fourth-order valence-electron chi connectivity index (χ4n) is 0.944. The Bertz CT molecular complexity index is 195. The maximum absolute atomic E-state index is 9.92. The van der Waals surface area contributed by atoms with Crippen LogP contribution in [0.4, 0.5) is 0 Å². The van der Waals surface area contributed by atoms with Crippen molar-refractivity contribution in [2.45, 2.75) is 18.9 Å². The molecule has 3 nitrogen and oxygen atoms in total. The van der Waals surface area contributed by atoms with E-state index in [-0.39, 0.29) is 12.0 Å². The average Bonchev–Trinajstić information content (AvgIpc) is 1.77. The molecule has 0 aromatic carbocycles. The average molecular weight is 139 g/mol. The summed E-state index contributed by atoms with van der Waals surface area (Å²) in [5, 5.41) is 8.14. The topological polar surface area (TPSA) is 63.3 Å². The van der Waals surface area contributed by atoms with Gasteiger partial charge in [0.2, 0.25) is 0 Å². The van der Waals surface area contributed by atoms with Gasteiger partial charge in [-0.15, -0.1) is 0 Å². The predicted octanol–water partition coefficient (Wildman–Crippen LogP) is -0.188. The highest BCUT2D eigenvalue weighted by molar-refractivity contribution is 5.86. The fraction of sp³-hybridized carbons (Fsp3) is 0.571. The summed E-state index contributed by atoms with van der Waals surface area (Å²) in [5.74, 6) is 3.87. The van der Waals surface area contributed by atoms with Crippen molar-refractivity contribution < 1.29 is 9.90 Å². The van der Waals surface area contributed by atoms with Crippen LogP contribution < -0.4 is 5.73 Å².